The monoisotopic (exact) mass is 1400 g/mol. The van der Waals surface area contributed by atoms with Crippen molar-refractivity contribution in [2.75, 3.05) is 355 Å². The highest BCUT2D eigenvalue weighted by Gasteiger charge is 2.92. The van der Waals surface area contributed by atoms with Gasteiger partial charge in [-0.2, -0.15) is 0 Å². The quantitative estimate of drug-likeness (QED) is 0.112. The topological polar surface area (TPSA) is 175 Å². The lowest BCUT2D eigenvalue weighted by molar-refractivity contribution is -0.450. The van der Waals surface area contributed by atoms with Crippen molar-refractivity contribution < 1.29 is 66.3 Å². The van der Waals surface area contributed by atoms with Crippen LogP contribution in [0, 0.1) is 5.92 Å². The summed E-state index contributed by atoms with van der Waals surface area (Å²) in [6.45, 7) is 44.9. The SMILES string of the molecule is CC(C)CCCC(N1CCOCC1)C(N1CCOCC1)(N1CCOCC1)C(N1CCOCC1)(N1CCOCC1)C(N1CCOCC1)(N1CCOCC1)C(N1CCOCC1)(N1CCOCC1)C(N1CCOCC1)(N1CCOCC1)C(N1CCOCC1)(N1CCOCC1)N1CC(C)OC(C)C1. The van der Waals surface area contributed by atoms with Crippen LogP contribution in [0.2, 0.25) is 0 Å². The summed E-state index contributed by atoms with van der Waals surface area (Å²) in [5.74, 6) is -0.497. The van der Waals surface area contributed by atoms with Crippen LogP contribution in [-0.4, -0.2) is 476 Å². The van der Waals surface area contributed by atoms with Gasteiger partial charge in [0.15, 0.2) is 11.4 Å². The Kier molecular flexibility index (Phi) is 26.3. The van der Waals surface area contributed by atoms with Gasteiger partial charge in [-0.1, -0.05) is 26.7 Å². The van der Waals surface area contributed by atoms with Crippen molar-refractivity contribution in [3.05, 3.63) is 0 Å². The molecule has 568 valence electrons. The molecular weight excluding hydrogens is 1270 g/mol. The van der Waals surface area contributed by atoms with Crippen molar-refractivity contribution in [3.63, 3.8) is 0 Å². The highest BCUT2D eigenvalue weighted by atomic mass is 16.5. The van der Waals surface area contributed by atoms with Crippen molar-refractivity contribution in [1.29, 1.82) is 0 Å². The smallest absolute Gasteiger partial charge is 0.168 e. The van der Waals surface area contributed by atoms with Gasteiger partial charge in [-0.15, -0.1) is 0 Å². The van der Waals surface area contributed by atoms with E-state index in [-0.39, 0.29) is 18.2 Å². The molecule has 14 aliphatic rings. The Morgan fingerprint density at radius 2 is 0.475 bits per heavy atom. The van der Waals surface area contributed by atoms with E-state index in [2.05, 4.69) is 96.3 Å². The summed E-state index contributed by atoms with van der Waals surface area (Å²) in [7, 11) is 0. The molecule has 28 heteroatoms. The van der Waals surface area contributed by atoms with Crippen LogP contribution in [0.3, 0.4) is 0 Å². The third-order valence-electron chi connectivity index (χ3n) is 25.2. The van der Waals surface area contributed by atoms with Crippen molar-refractivity contribution >= 4 is 0 Å². The Balaban J connectivity index is 1.30. The standard InChI is InChI=1S/C71H130N14O14/c1-62(2)6-5-7-65(72-8-34-86-35-9-72)66(73-10-36-87-37-11-73,74-12-38-88-39-13-74)67(75-14-40-89-41-15-75,76-16-42-90-43-17-76)68(77-18-44-91-45-19-77,78-20-46-92-47-21-78)69(79-22-48-93-49-23-79,80-24-50-94-51-25-80)70(81-26-52-95-53-27-81,82-28-54-96-55-29-82)71(83-30-56-97-57-31-83,84-32-58-98-59-33-84)85-60-63(3)99-64(4)61-85/h62-65H,5-61H2,1-4H3. The van der Waals surface area contributed by atoms with Gasteiger partial charge in [0.05, 0.1) is 184 Å². The Labute approximate surface area is 592 Å². The molecule has 14 aliphatic heterocycles. The first-order valence-electron chi connectivity index (χ1n) is 39.5. The highest BCUT2D eigenvalue weighted by Crippen LogP contribution is 2.67. The van der Waals surface area contributed by atoms with Crippen molar-refractivity contribution in [1.82, 2.24) is 68.6 Å². The number of morpholine rings is 14. The Bertz CT molecular complexity index is 2260. The van der Waals surface area contributed by atoms with Crippen LogP contribution in [0.5, 0.6) is 0 Å². The maximum Gasteiger partial charge on any atom is 0.168 e. The van der Waals surface area contributed by atoms with Gasteiger partial charge < -0.3 is 66.3 Å². The summed E-state index contributed by atoms with van der Waals surface area (Å²) in [6, 6.07) is -0.0686. The number of hydrogen-bond donors (Lipinski definition) is 0. The van der Waals surface area contributed by atoms with Crippen molar-refractivity contribution in [2.45, 2.75) is 99.3 Å². The van der Waals surface area contributed by atoms with Crippen molar-refractivity contribution in [2.24, 2.45) is 5.92 Å². The zero-order chi connectivity index (χ0) is 67.6. The second kappa shape index (κ2) is 34.8. The van der Waals surface area contributed by atoms with Crippen LogP contribution in [-0.2, 0) is 66.3 Å². The van der Waals surface area contributed by atoms with Crippen LogP contribution in [0.1, 0.15) is 47.0 Å². The molecule has 0 saturated carbocycles. The third kappa shape index (κ3) is 13.5. The van der Waals surface area contributed by atoms with E-state index in [1.807, 2.05) is 0 Å². The zero-order valence-electron chi connectivity index (χ0n) is 61.6. The molecule has 14 rings (SSSR count). The molecule has 14 heterocycles. The Hall–Kier alpha value is -1.12. The predicted molar refractivity (Wildman–Crippen MR) is 372 cm³/mol. The Morgan fingerprint density at radius 1 is 0.253 bits per heavy atom. The van der Waals surface area contributed by atoms with Crippen LogP contribution in [0.15, 0.2) is 0 Å². The van der Waals surface area contributed by atoms with Gasteiger partial charge in [-0.3, -0.25) is 68.6 Å². The van der Waals surface area contributed by atoms with Crippen LogP contribution >= 0.6 is 0 Å². The minimum atomic E-state index is -1.20. The minimum Gasteiger partial charge on any atom is -0.379 e. The summed E-state index contributed by atoms with van der Waals surface area (Å²) >= 11 is 0. The number of rotatable bonds is 24. The van der Waals surface area contributed by atoms with E-state index in [0.717, 1.165) is 84.7 Å². The second-order valence-corrected chi connectivity index (χ2v) is 30.4. The Morgan fingerprint density at radius 3 is 0.747 bits per heavy atom. The second-order valence-electron chi connectivity index (χ2n) is 30.4. The molecular formula is C71H130N14O14. The molecule has 0 amide bonds. The maximum atomic E-state index is 7.21. The molecule has 0 bridgehead atoms. The van der Waals surface area contributed by atoms with Gasteiger partial charge in [0.25, 0.3) is 0 Å². The summed E-state index contributed by atoms with van der Waals surface area (Å²) < 4.78 is 97.9. The fourth-order valence-electron chi connectivity index (χ4n) is 22.2. The molecule has 99 heavy (non-hydrogen) atoms. The summed E-state index contributed by atoms with van der Waals surface area (Å²) in [4.78, 5) is 43.7. The van der Waals surface area contributed by atoms with E-state index in [9.17, 15) is 0 Å². The summed E-state index contributed by atoms with van der Waals surface area (Å²) in [6.07, 6.45) is 2.96. The molecule has 0 aliphatic carbocycles. The zero-order valence-corrected chi connectivity index (χ0v) is 61.6. The predicted octanol–water partition coefficient (Wildman–Crippen LogP) is -1.26. The van der Waals surface area contributed by atoms with Gasteiger partial charge in [0.1, 0.15) is 22.7 Å². The first-order chi connectivity index (χ1) is 48.8. The van der Waals surface area contributed by atoms with E-state index in [4.69, 9.17) is 66.3 Å². The van der Waals surface area contributed by atoms with Gasteiger partial charge in [-0.05, 0) is 26.2 Å². The lowest BCUT2D eigenvalue weighted by Gasteiger charge is -2.86. The molecule has 3 atom stereocenters. The molecule has 3 unspecified atom stereocenters. The summed E-state index contributed by atoms with van der Waals surface area (Å²) in [5, 5.41) is 0. The van der Waals surface area contributed by atoms with Gasteiger partial charge in [0, 0.05) is 189 Å². The summed E-state index contributed by atoms with van der Waals surface area (Å²) in [5.41, 5.74) is -5.55. The van der Waals surface area contributed by atoms with E-state index < -0.39 is 34.1 Å². The molecule has 0 N–H and O–H groups in total. The van der Waals surface area contributed by atoms with E-state index in [1.165, 1.54) is 0 Å². The largest absolute Gasteiger partial charge is 0.379 e. The molecule has 0 radical (unpaired) electrons. The maximum absolute atomic E-state index is 7.21. The fourth-order valence-corrected chi connectivity index (χ4v) is 22.2. The van der Waals surface area contributed by atoms with Crippen LogP contribution < -0.4 is 0 Å². The van der Waals surface area contributed by atoms with Crippen molar-refractivity contribution in [3.8, 4) is 0 Å². The van der Waals surface area contributed by atoms with Crippen LogP contribution in [0.4, 0.5) is 0 Å². The minimum absolute atomic E-state index is 0.0686. The van der Waals surface area contributed by atoms with Gasteiger partial charge in [-0.25, -0.2) is 0 Å². The molecule has 0 spiro atoms. The van der Waals surface area contributed by atoms with E-state index in [0.29, 0.717) is 296 Å². The lowest BCUT2D eigenvalue weighted by atomic mass is 9.56. The molecule has 28 nitrogen and oxygen atoms in total. The lowest BCUT2D eigenvalue weighted by Crippen LogP contribution is -3.10. The van der Waals surface area contributed by atoms with Gasteiger partial charge in [0.2, 0.25) is 0 Å². The average molecular weight is 1400 g/mol. The van der Waals surface area contributed by atoms with E-state index in [1.54, 1.807) is 0 Å². The fraction of sp³-hybridized carbons (Fsp3) is 1.00. The molecule has 0 aromatic heterocycles. The van der Waals surface area contributed by atoms with Crippen LogP contribution in [0.25, 0.3) is 0 Å². The van der Waals surface area contributed by atoms with Gasteiger partial charge >= 0.3 is 0 Å². The highest BCUT2D eigenvalue weighted by molar-refractivity contribution is 5.41. The molecule has 14 saturated heterocycles. The first kappa shape index (κ1) is 74.7. The van der Waals surface area contributed by atoms with E-state index >= 15 is 0 Å². The molecule has 0 aromatic carbocycles. The average Bonchev–Trinajstić information content (AvgIpc) is 0.623. The molecule has 14 fully saturated rings. The number of hydrogen-bond acceptors (Lipinski definition) is 28. The molecule has 0 aromatic rings. The normalized spacial score (nSPS) is 30.5. The third-order valence-corrected chi connectivity index (χ3v) is 25.2. The number of ether oxygens (including phenoxy) is 14. The number of nitrogens with zero attached hydrogens (tertiary/aromatic N) is 14. The first-order valence-corrected chi connectivity index (χ1v) is 39.5.